The van der Waals surface area contributed by atoms with E-state index >= 15 is 0 Å². The van der Waals surface area contributed by atoms with Crippen molar-refractivity contribution in [3.05, 3.63) is 52.1 Å². The van der Waals surface area contributed by atoms with Crippen molar-refractivity contribution in [2.75, 3.05) is 13.7 Å². The van der Waals surface area contributed by atoms with Gasteiger partial charge in [-0.2, -0.15) is 0 Å². The maximum Gasteiger partial charge on any atom is 0.340 e. The molecule has 0 spiro atoms. The molecule has 2 heterocycles. The fraction of sp³-hybridized carbons (Fsp3) is 0.167. The molecule has 25 heavy (non-hydrogen) atoms. The number of hydrogen-bond donors (Lipinski definition) is 0. The minimum absolute atomic E-state index is 0.246. The second kappa shape index (κ2) is 7.25. The number of fused-ring (bicyclic) bond motifs is 1. The molecule has 0 aliphatic heterocycles. The van der Waals surface area contributed by atoms with Crippen LogP contribution in [-0.4, -0.2) is 29.7 Å². The van der Waals surface area contributed by atoms with Crippen molar-refractivity contribution in [2.45, 2.75) is 6.92 Å². The Morgan fingerprint density at radius 1 is 1.20 bits per heavy atom. The summed E-state index contributed by atoms with van der Waals surface area (Å²) in [7, 11) is 1.52. The Bertz CT molecular complexity index is 960. The summed E-state index contributed by atoms with van der Waals surface area (Å²) in [6.07, 6.45) is 1.47. The summed E-state index contributed by atoms with van der Waals surface area (Å²) in [5, 5.41) is 0.894. The number of methoxy groups -OCH3 is 1. The Morgan fingerprint density at radius 3 is 2.68 bits per heavy atom. The van der Waals surface area contributed by atoms with E-state index in [0.717, 1.165) is 0 Å². The zero-order valence-electron chi connectivity index (χ0n) is 13.5. The number of nitrogens with zero attached hydrogens (tertiary/aromatic N) is 2. The van der Waals surface area contributed by atoms with Gasteiger partial charge in [0.1, 0.15) is 5.52 Å². The van der Waals surface area contributed by atoms with Gasteiger partial charge in [-0.25, -0.2) is 9.78 Å². The average molecular weight is 377 g/mol. The number of rotatable bonds is 4. The van der Waals surface area contributed by atoms with Gasteiger partial charge < -0.3 is 9.47 Å². The lowest BCUT2D eigenvalue weighted by Gasteiger charge is -2.13. The molecule has 0 aliphatic rings. The first kappa shape index (κ1) is 17.5. The van der Waals surface area contributed by atoms with Crippen LogP contribution in [0.1, 0.15) is 17.3 Å². The largest absolute Gasteiger partial charge is 0.481 e. The monoisotopic (exact) mass is 376 g/mol. The van der Waals surface area contributed by atoms with E-state index in [4.69, 9.17) is 32.7 Å². The fourth-order valence-electron chi connectivity index (χ4n) is 2.49. The maximum atomic E-state index is 12.4. The third kappa shape index (κ3) is 3.38. The molecule has 0 saturated heterocycles. The first-order chi connectivity index (χ1) is 12.0. The standard InChI is InChI=1S/C18H14Cl2N2O3/c1-3-25-18(23)12-9-21-14-6-7-15(24-2)22-17(14)16(12)11-5-4-10(19)8-13(11)20/h4-9H,3H2,1-2H3. The molecule has 5 nitrogen and oxygen atoms in total. The first-order valence-corrected chi connectivity index (χ1v) is 8.27. The van der Waals surface area contributed by atoms with Crippen molar-refractivity contribution in [3.8, 4) is 17.0 Å². The van der Waals surface area contributed by atoms with E-state index in [9.17, 15) is 4.79 Å². The number of esters is 1. The van der Waals surface area contributed by atoms with E-state index in [-0.39, 0.29) is 12.2 Å². The fourth-order valence-corrected chi connectivity index (χ4v) is 2.99. The first-order valence-electron chi connectivity index (χ1n) is 7.51. The van der Waals surface area contributed by atoms with Crippen LogP contribution in [0.15, 0.2) is 36.5 Å². The number of hydrogen-bond acceptors (Lipinski definition) is 5. The molecular formula is C18H14Cl2N2O3. The Labute approximate surface area is 154 Å². The second-order valence-electron chi connectivity index (χ2n) is 5.11. The van der Waals surface area contributed by atoms with Crippen molar-refractivity contribution in [1.29, 1.82) is 0 Å². The molecule has 0 atom stereocenters. The number of pyridine rings is 2. The van der Waals surface area contributed by atoms with Crippen LogP contribution in [0.5, 0.6) is 5.88 Å². The van der Waals surface area contributed by atoms with Crippen LogP contribution in [0.3, 0.4) is 0 Å². The summed E-state index contributed by atoms with van der Waals surface area (Å²) >= 11 is 12.4. The zero-order valence-corrected chi connectivity index (χ0v) is 15.1. The summed E-state index contributed by atoms with van der Waals surface area (Å²) < 4.78 is 10.4. The number of aromatic nitrogens is 2. The summed E-state index contributed by atoms with van der Waals surface area (Å²) in [6.45, 7) is 1.98. The second-order valence-corrected chi connectivity index (χ2v) is 5.96. The van der Waals surface area contributed by atoms with E-state index < -0.39 is 5.97 Å². The molecule has 7 heteroatoms. The lowest BCUT2D eigenvalue weighted by molar-refractivity contribution is 0.0527. The predicted octanol–water partition coefficient (Wildman–Crippen LogP) is 4.79. The lowest BCUT2D eigenvalue weighted by Crippen LogP contribution is -2.08. The van der Waals surface area contributed by atoms with Crippen molar-refractivity contribution < 1.29 is 14.3 Å². The quantitative estimate of drug-likeness (QED) is 0.612. The van der Waals surface area contributed by atoms with Crippen molar-refractivity contribution in [1.82, 2.24) is 9.97 Å². The molecule has 0 aliphatic carbocycles. The van der Waals surface area contributed by atoms with Gasteiger partial charge >= 0.3 is 5.97 Å². The number of halogens is 2. The van der Waals surface area contributed by atoms with Crippen LogP contribution in [0.4, 0.5) is 0 Å². The van der Waals surface area contributed by atoms with Crippen LogP contribution < -0.4 is 4.74 Å². The Morgan fingerprint density at radius 2 is 2.00 bits per heavy atom. The number of carbonyl (C=O) groups is 1. The Hall–Kier alpha value is -2.37. The molecule has 3 aromatic rings. The molecular weight excluding hydrogens is 363 g/mol. The van der Waals surface area contributed by atoms with Crippen molar-refractivity contribution in [3.63, 3.8) is 0 Å². The number of benzene rings is 1. The van der Waals surface area contributed by atoms with Crippen LogP contribution in [0.2, 0.25) is 10.0 Å². The maximum absolute atomic E-state index is 12.4. The smallest absolute Gasteiger partial charge is 0.340 e. The van der Waals surface area contributed by atoms with Gasteiger partial charge in [0.2, 0.25) is 5.88 Å². The van der Waals surface area contributed by atoms with Gasteiger partial charge in [-0.3, -0.25) is 4.98 Å². The van der Waals surface area contributed by atoms with Crippen molar-refractivity contribution in [2.24, 2.45) is 0 Å². The normalized spacial score (nSPS) is 10.7. The minimum atomic E-state index is -0.498. The third-order valence-corrected chi connectivity index (χ3v) is 4.14. The molecule has 3 rings (SSSR count). The van der Waals surface area contributed by atoms with E-state index in [1.165, 1.54) is 13.3 Å². The molecule has 0 bridgehead atoms. The highest BCUT2D eigenvalue weighted by Crippen LogP contribution is 2.37. The molecule has 0 fully saturated rings. The molecule has 1 aromatic carbocycles. The van der Waals surface area contributed by atoms with Gasteiger partial charge in [-0.05, 0) is 25.1 Å². The van der Waals surface area contributed by atoms with Crippen LogP contribution in [0.25, 0.3) is 22.2 Å². The van der Waals surface area contributed by atoms with Gasteiger partial charge in [-0.15, -0.1) is 0 Å². The van der Waals surface area contributed by atoms with Crippen LogP contribution in [0, 0.1) is 0 Å². The lowest BCUT2D eigenvalue weighted by atomic mass is 9.99. The predicted molar refractivity (Wildman–Crippen MR) is 97.5 cm³/mol. The topological polar surface area (TPSA) is 61.3 Å². The molecule has 0 saturated carbocycles. The van der Waals surface area contributed by atoms with Crippen LogP contribution in [-0.2, 0) is 4.74 Å². The Balaban J connectivity index is 2.37. The highest BCUT2D eigenvalue weighted by molar-refractivity contribution is 6.37. The number of carbonyl (C=O) groups excluding carboxylic acids is 1. The molecule has 2 aromatic heterocycles. The molecule has 0 N–H and O–H groups in total. The molecule has 0 unspecified atom stereocenters. The SMILES string of the molecule is CCOC(=O)c1cnc2ccc(OC)nc2c1-c1ccc(Cl)cc1Cl. The van der Waals surface area contributed by atoms with E-state index in [0.29, 0.717) is 38.1 Å². The van der Waals surface area contributed by atoms with E-state index in [1.54, 1.807) is 37.3 Å². The number of ether oxygens (including phenoxy) is 2. The van der Waals surface area contributed by atoms with Crippen molar-refractivity contribution >= 4 is 40.2 Å². The average Bonchev–Trinajstić information content (AvgIpc) is 2.61. The zero-order chi connectivity index (χ0) is 18.0. The van der Waals surface area contributed by atoms with E-state index in [2.05, 4.69) is 9.97 Å². The highest BCUT2D eigenvalue weighted by atomic mass is 35.5. The summed E-state index contributed by atoms with van der Waals surface area (Å²) in [5.41, 5.74) is 2.52. The Kier molecular flexibility index (Phi) is 5.06. The summed E-state index contributed by atoms with van der Waals surface area (Å²) in [5.74, 6) is -0.0934. The molecule has 0 amide bonds. The van der Waals surface area contributed by atoms with Gasteiger partial charge in [0, 0.05) is 33.4 Å². The van der Waals surface area contributed by atoms with E-state index in [1.807, 2.05) is 0 Å². The van der Waals surface area contributed by atoms with Gasteiger partial charge in [-0.1, -0.05) is 29.3 Å². The van der Waals surface area contributed by atoms with Gasteiger partial charge in [0.25, 0.3) is 0 Å². The summed E-state index contributed by atoms with van der Waals surface area (Å²) in [4.78, 5) is 21.2. The molecule has 128 valence electrons. The summed E-state index contributed by atoms with van der Waals surface area (Å²) in [6, 6.07) is 8.52. The third-order valence-electron chi connectivity index (χ3n) is 3.59. The van der Waals surface area contributed by atoms with Gasteiger partial charge in [0.05, 0.1) is 24.8 Å². The van der Waals surface area contributed by atoms with Gasteiger partial charge in [0.15, 0.2) is 0 Å². The molecule has 0 radical (unpaired) electrons. The minimum Gasteiger partial charge on any atom is -0.481 e. The van der Waals surface area contributed by atoms with Crippen LogP contribution >= 0.6 is 23.2 Å². The highest BCUT2D eigenvalue weighted by Gasteiger charge is 2.21.